The van der Waals surface area contributed by atoms with Crippen LogP contribution in [-0.2, 0) is 14.3 Å². The number of carboxylic acid groups (broad SMARTS) is 1. The highest BCUT2D eigenvalue weighted by molar-refractivity contribution is 5.74. The van der Waals surface area contributed by atoms with Gasteiger partial charge in [-0.05, 0) is 32.4 Å². The summed E-state index contributed by atoms with van der Waals surface area (Å²) in [6.45, 7) is 7.67. The summed E-state index contributed by atoms with van der Waals surface area (Å²) in [7, 11) is 0. The molecule has 12 heteroatoms. The maximum atomic E-state index is 12.4. The van der Waals surface area contributed by atoms with Crippen molar-refractivity contribution in [1.82, 2.24) is 15.2 Å². The number of carbonyl (C=O) groups is 2. The van der Waals surface area contributed by atoms with Crippen LogP contribution in [0.5, 0.6) is 0 Å². The van der Waals surface area contributed by atoms with E-state index in [9.17, 15) is 18.0 Å². The number of nitrogens with zero attached hydrogens (tertiary/aromatic N) is 2. The van der Waals surface area contributed by atoms with Crippen molar-refractivity contribution in [3.05, 3.63) is 24.4 Å². The molecule has 9 nitrogen and oxygen atoms in total. The van der Waals surface area contributed by atoms with Crippen LogP contribution in [0.4, 0.5) is 23.8 Å². The van der Waals surface area contributed by atoms with E-state index in [2.05, 4.69) is 15.6 Å². The lowest BCUT2D eigenvalue weighted by Gasteiger charge is -2.31. The standard InChI is InChI=1S/C18H28N4O3.C2HF3O2/c1-14(2)21-17(23)22-7-8-24-13-18(12-22)9-15(11-25-18)10-20-16-5-3-4-6-19-16;3-2(4,5)1(6)7/h3-6,14-15H,7-13H2,1-2H3,(H,19,20)(H,21,23);(H,6,7). The van der Waals surface area contributed by atoms with Crippen molar-refractivity contribution in [3.8, 4) is 0 Å². The van der Waals surface area contributed by atoms with E-state index >= 15 is 0 Å². The van der Waals surface area contributed by atoms with Crippen LogP contribution >= 0.6 is 0 Å². The Labute approximate surface area is 184 Å². The lowest BCUT2D eigenvalue weighted by atomic mass is 9.94. The minimum atomic E-state index is -5.08. The van der Waals surface area contributed by atoms with Gasteiger partial charge in [0.15, 0.2) is 0 Å². The molecular formula is C20H29F3N4O5. The summed E-state index contributed by atoms with van der Waals surface area (Å²) >= 11 is 0. The monoisotopic (exact) mass is 462 g/mol. The SMILES string of the molecule is CC(C)NC(=O)N1CCOCC2(CC(CNc3ccccn3)CO2)C1.O=C(O)C(F)(F)F. The predicted molar refractivity (Wildman–Crippen MR) is 109 cm³/mol. The van der Waals surface area contributed by atoms with E-state index in [0.717, 1.165) is 18.8 Å². The highest BCUT2D eigenvalue weighted by Gasteiger charge is 2.44. The molecule has 2 saturated heterocycles. The molecule has 32 heavy (non-hydrogen) atoms. The molecule has 2 aliphatic rings. The van der Waals surface area contributed by atoms with Crippen molar-refractivity contribution in [1.29, 1.82) is 0 Å². The first-order valence-electron chi connectivity index (χ1n) is 10.2. The van der Waals surface area contributed by atoms with Gasteiger partial charge in [-0.1, -0.05) is 6.07 Å². The number of halogens is 3. The predicted octanol–water partition coefficient (Wildman–Crippen LogP) is 2.35. The first-order chi connectivity index (χ1) is 15.0. The highest BCUT2D eigenvalue weighted by atomic mass is 19.4. The quantitative estimate of drug-likeness (QED) is 0.630. The van der Waals surface area contributed by atoms with Gasteiger partial charge in [0.1, 0.15) is 11.4 Å². The molecule has 3 heterocycles. The van der Waals surface area contributed by atoms with Crippen LogP contribution in [0.3, 0.4) is 0 Å². The summed E-state index contributed by atoms with van der Waals surface area (Å²) in [4.78, 5) is 27.4. The average Bonchev–Trinajstić information content (AvgIpc) is 2.99. The lowest BCUT2D eigenvalue weighted by molar-refractivity contribution is -0.192. The maximum absolute atomic E-state index is 12.4. The number of pyridine rings is 1. The summed E-state index contributed by atoms with van der Waals surface area (Å²) in [6, 6.07) is 5.90. The molecule has 2 fully saturated rings. The van der Waals surface area contributed by atoms with Gasteiger partial charge < -0.3 is 30.1 Å². The third-order valence-corrected chi connectivity index (χ3v) is 4.81. The minimum absolute atomic E-state index is 0.0430. The zero-order chi connectivity index (χ0) is 23.8. The Morgan fingerprint density at radius 2 is 2.09 bits per heavy atom. The Hall–Kier alpha value is -2.60. The first-order valence-corrected chi connectivity index (χ1v) is 10.2. The van der Waals surface area contributed by atoms with Gasteiger partial charge in [-0.15, -0.1) is 0 Å². The lowest BCUT2D eigenvalue weighted by Crippen LogP contribution is -2.50. The highest BCUT2D eigenvalue weighted by Crippen LogP contribution is 2.33. The Morgan fingerprint density at radius 1 is 1.38 bits per heavy atom. The van der Waals surface area contributed by atoms with Gasteiger partial charge in [-0.3, -0.25) is 0 Å². The molecule has 2 aliphatic heterocycles. The number of ether oxygens (including phenoxy) is 2. The zero-order valence-electron chi connectivity index (χ0n) is 18.0. The number of aliphatic carboxylic acids is 1. The third-order valence-electron chi connectivity index (χ3n) is 4.81. The number of anilines is 1. The number of alkyl halides is 3. The topological polar surface area (TPSA) is 113 Å². The van der Waals surface area contributed by atoms with Gasteiger partial charge in [0.05, 0.1) is 26.4 Å². The summed E-state index contributed by atoms with van der Waals surface area (Å²) in [5.74, 6) is -1.51. The fourth-order valence-corrected chi connectivity index (χ4v) is 3.41. The van der Waals surface area contributed by atoms with E-state index in [-0.39, 0.29) is 12.1 Å². The molecule has 2 unspecified atom stereocenters. The second kappa shape index (κ2) is 11.3. The molecule has 180 valence electrons. The van der Waals surface area contributed by atoms with Crippen LogP contribution in [-0.4, -0.2) is 84.3 Å². The van der Waals surface area contributed by atoms with E-state index in [0.29, 0.717) is 38.8 Å². The van der Waals surface area contributed by atoms with E-state index in [4.69, 9.17) is 19.4 Å². The Bertz CT molecular complexity index is 751. The van der Waals surface area contributed by atoms with Crippen LogP contribution in [0.15, 0.2) is 24.4 Å². The number of nitrogens with one attached hydrogen (secondary N) is 2. The molecule has 1 spiro atoms. The third kappa shape index (κ3) is 8.15. The second-order valence-electron chi connectivity index (χ2n) is 8.04. The molecule has 2 amide bonds. The Morgan fingerprint density at radius 3 is 2.69 bits per heavy atom. The smallest absolute Gasteiger partial charge is 0.475 e. The van der Waals surface area contributed by atoms with E-state index in [1.165, 1.54) is 0 Å². The van der Waals surface area contributed by atoms with Gasteiger partial charge in [0.2, 0.25) is 0 Å². The molecule has 2 atom stereocenters. The van der Waals surface area contributed by atoms with Crippen LogP contribution < -0.4 is 10.6 Å². The number of carbonyl (C=O) groups excluding carboxylic acids is 1. The summed E-state index contributed by atoms with van der Waals surface area (Å²) in [6.07, 6.45) is -2.43. The normalized spacial score (nSPS) is 23.3. The minimum Gasteiger partial charge on any atom is -0.475 e. The number of rotatable bonds is 4. The number of aromatic nitrogens is 1. The molecule has 0 aromatic carbocycles. The van der Waals surface area contributed by atoms with Gasteiger partial charge in [0.25, 0.3) is 0 Å². The average molecular weight is 462 g/mol. The van der Waals surface area contributed by atoms with Gasteiger partial charge in [-0.25, -0.2) is 14.6 Å². The van der Waals surface area contributed by atoms with Crippen LogP contribution in [0.2, 0.25) is 0 Å². The zero-order valence-corrected chi connectivity index (χ0v) is 18.0. The van der Waals surface area contributed by atoms with E-state index < -0.39 is 17.7 Å². The number of hydrogen-bond donors (Lipinski definition) is 3. The molecule has 0 saturated carbocycles. The molecular weight excluding hydrogens is 433 g/mol. The molecule has 3 N–H and O–H groups in total. The second-order valence-corrected chi connectivity index (χ2v) is 8.04. The summed E-state index contributed by atoms with van der Waals surface area (Å²) in [5.41, 5.74) is -0.402. The number of amides is 2. The van der Waals surface area contributed by atoms with Crippen molar-refractivity contribution >= 4 is 17.8 Å². The fraction of sp³-hybridized carbons (Fsp3) is 0.650. The number of carboxylic acids is 1. The van der Waals surface area contributed by atoms with Crippen molar-refractivity contribution in [2.24, 2.45) is 5.92 Å². The largest absolute Gasteiger partial charge is 0.490 e. The van der Waals surface area contributed by atoms with Crippen LogP contribution in [0.25, 0.3) is 0 Å². The van der Waals surface area contributed by atoms with Crippen molar-refractivity contribution in [2.75, 3.05) is 44.8 Å². The molecule has 1 aromatic rings. The Kier molecular flexibility index (Phi) is 9.08. The molecule has 3 rings (SSSR count). The van der Waals surface area contributed by atoms with Crippen molar-refractivity contribution in [2.45, 2.75) is 38.1 Å². The number of urea groups is 1. The number of hydrogen-bond acceptors (Lipinski definition) is 6. The summed E-state index contributed by atoms with van der Waals surface area (Å²) < 4.78 is 43.6. The van der Waals surface area contributed by atoms with Gasteiger partial charge in [-0.2, -0.15) is 13.2 Å². The van der Waals surface area contributed by atoms with Gasteiger partial charge in [0, 0.05) is 31.2 Å². The molecule has 0 bridgehead atoms. The summed E-state index contributed by atoms with van der Waals surface area (Å²) in [5, 5.41) is 13.4. The van der Waals surface area contributed by atoms with Crippen LogP contribution in [0, 0.1) is 5.92 Å². The van der Waals surface area contributed by atoms with E-state index in [1.54, 1.807) is 6.20 Å². The van der Waals surface area contributed by atoms with Crippen LogP contribution in [0.1, 0.15) is 20.3 Å². The molecule has 0 radical (unpaired) electrons. The Balaban J connectivity index is 0.000000451. The van der Waals surface area contributed by atoms with Crippen molar-refractivity contribution in [3.63, 3.8) is 0 Å². The van der Waals surface area contributed by atoms with Crippen molar-refractivity contribution < 1.29 is 37.3 Å². The fourth-order valence-electron chi connectivity index (χ4n) is 3.41. The van der Waals surface area contributed by atoms with E-state index in [1.807, 2.05) is 36.9 Å². The van der Waals surface area contributed by atoms with Gasteiger partial charge >= 0.3 is 18.2 Å². The maximum Gasteiger partial charge on any atom is 0.490 e. The molecule has 1 aromatic heterocycles. The first kappa shape index (κ1) is 25.7. The molecule has 0 aliphatic carbocycles.